The van der Waals surface area contributed by atoms with Crippen LogP contribution in [0.15, 0.2) is 42.5 Å². The molecule has 1 aromatic carbocycles. The van der Waals surface area contributed by atoms with Crippen molar-refractivity contribution in [1.82, 2.24) is 9.88 Å². The molecule has 0 aliphatic carbocycles. The first kappa shape index (κ1) is 12.6. The Morgan fingerprint density at radius 3 is 2.90 bits per heavy atom. The predicted octanol–water partition coefficient (Wildman–Crippen LogP) is 2.26. The number of carbonyl (C=O) groups is 1. The van der Waals surface area contributed by atoms with E-state index in [0.717, 1.165) is 11.3 Å². The summed E-state index contributed by atoms with van der Waals surface area (Å²) in [5.41, 5.74) is 1.05. The lowest BCUT2D eigenvalue weighted by Gasteiger charge is -2.19. The number of benzene rings is 1. The number of fused-ring (bicyclic) bond motifs is 1. The fourth-order valence-corrected chi connectivity index (χ4v) is 2.19. The zero-order valence-corrected chi connectivity index (χ0v) is 10.8. The Morgan fingerprint density at radius 2 is 2.05 bits per heavy atom. The molecule has 0 saturated heterocycles. The molecule has 2 aromatic rings. The first-order chi connectivity index (χ1) is 9.74. The number of amides is 1. The van der Waals surface area contributed by atoms with E-state index >= 15 is 0 Å². The number of hydrogen-bond donors (Lipinski definition) is 0. The molecule has 4 nitrogen and oxygen atoms in total. The third kappa shape index (κ3) is 2.47. The lowest BCUT2D eigenvalue weighted by Crippen LogP contribution is -2.33. The summed E-state index contributed by atoms with van der Waals surface area (Å²) in [4.78, 5) is 17.6. The summed E-state index contributed by atoms with van der Waals surface area (Å²) in [6, 6.07) is 11.8. The molecule has 20 heavy (non-hydrogen) atoms. The third-order valence-electron chi connectivity index (χ3n) is 3.17. The van der Waals surface area contributed by atoms with Gasteiger partial charge < -0.3 is 9.64 Å². The molecule has 2 heterocycles. The molecule has 0 unspecified atom stereocenters. The fourth-order valence-electron chi connectivity index (χ4n) is 2.19. The van der Waals surface area contributed by atoms with Crippen molar-refractivity contribution in [2.24, 2.45) is 0 Å². The lowest BCUT2D eigenvalue weighted by atomic mass is 10.2. The van der Waals surface area contributed by atoms with Crippen LogP contribution in [0.1, 0.15) is 16.1 Å². The van der Waals surface area contributed by atoms with E-state index in [1.54, 1.807) is 4.90 Å². The normalized spacial score (nSPS) is 14.2. The summed E-state index contributed by atoms with van der Waals surface area (Å²) in [5.74, 6) is -0.151. The molecule has 0 N–H and O–H groups in total. The Balaban J connectivity index is 1.86. The number of hydrogen-bond acceptors (Lipinski definition) is 3. The predicted molar refractivity (Wildman–Crippen MR) is 70.9 cm³/mol. The molecule has 3 rings (SSSR count). The van der Waals surface area contributed by atoms with Crippen LogP contribution < -0.4 is 4.74 Å². The van der Waals surface area contributed by atoms with E-state index in [-0.39, 0.29) is 11.6 Å². The van der Waals surface area contributed by atoms with Crippen LogP contribution in [0.3, 0.4) is 0 Å². The maximum Gasteiger partial charge on any atom is 0.272 e. The van der Waals surface area contributed by atoms with Crippen LogP contribution in [0.2, 0.25) is 0 Å². The first-order valence-electron chi connectivity index (χ1n) is 6.36. The van der Waals surface area contributed by atoms with Crippen molar-refractivity contribution in [3.05, 3.63) is 59.7 Å². The van der Waals surface area contributed by atoms with Gasteiger partial charge in [0.1, 0.15) is 18.1 Å². The molecule has 1 amide bonds. The molecular formula is C15H13FN2O2. The second-order valence-corrected chi connectivity index (χ2v) is 4.53. The maximum atomic E-state index is 13.1. The molecule has 5 heteroatoms. The Labute approximate surface area is 115 Å². The highest BCUT2D eigenvalue weighted by molar-refractivity contribution is 5.92. The van der Waals surface area contributed by atoms with Crippen molar-refractivity contribution in [2.75, 3.05) is 13.2 Å². The molecule has 0 fully saturated rings. The number of para-hydroxylation sites is 1. The van der Waals surface area contributed by atoms with Gasteiger partial charge in [-0.25, -0.2) is 4.98 Å². The Morgan fingerprint density at radius 1 is 1.20 bits per heavy atom. The largest absolute Gasteiger partial charge is 0.491 e. The standard InChI is InChI=1S/C15H13FN2O2/c16-14-7-3-5-12(17-14)15(19)18-8-9-20-13-6-2-1-4-11(13)10-18/h1-7H,8-10H2. The molecule has 1 aliphatic heterocycles. The maximum absolute atomic E-state index is 13.1. The molecule has 0 radical (unpaired) electrons. The highest BCUT2D eigenvalue weighted by Gasteiger charge is 2.21. The van der Waals surface area contributed by atoms with Gasteiger partial charge in [0.15, 0.2) is 0 Å². The minimum absolute atomic E-state index is 0.115. The highest BCUT2D eigenvalue weighted by atomic mass is 19.1. The summed E-state index contributed by atoms with van der Waals surface area (Å²) >= 11 is 0. The zero-order valence-electron chi connectivity index (χ0n) is 10.8. The van der Waals surface area contributed by atoms with Crippen molar-refractivity contribution in [3.63, 3.8) is 0 Å². The minimum atomic E-state index is -0.651. The first-order valence-corrected chi connectivity index (χ1v) is 6.36. The summed E-state index contributed by atoms with van der Waals surface area (Å²) < 4.78 is 18.7. The Hall–Kier alpha value is -2.43. The molecule has 0 atom stereocenters. The van der Waals surface area contributed by atoms with E-state index in [0.29, 0.717) is 19.7 Å². The van der Waals surface area contributed by atoms with Crippen molar-refractivity contribution in [2.45, 2.75) is 6.54 Å². The van der Waals surface area contributed by atoms with E-state index in [1.165, 1.54) is 18.2 Å². The van der Waals surface area contributed by atoms with Gasteiger partial charge in [-0.2, -0.15) is 4.39 Å². The van der Waals surface area contributed by atoms with Crippen LogP contribution in [-0.2, 0) is 6.54 Å². The molecule has 1 aromatic heterocycles. The van der Waals surface area contributed by atoms with E-state index in [9.17, 15) is 9.18 Å². The second-order valence-electron chi connectivity index (χ2n) is 4.53. The number of ether oxygens (including phenoxy) is 1. The van der Waals surface area contributed by atoms with Crippen molar-refractivity contribution >= 4 is 5.91 Å². The zero-order chi connectivity index (χ0) is 13.9. The van der Waals surface area contributed by atoms with Gasteiger partial charge in [0.05, 0.1) is 6.54 Å². The van der Waals surface area contributed by atoms with Gasteiger partial charge in [0, 0.05) is 12.1 Å². The molecule has 0 saturated carbocycles. The molecule has 102 valence electrons. The molecule has 0 bridgehead atoms. The smallest absolute Gasteiger partial charge is 0.272 e. The van der Waals surface area contributed by atoms with Gasteiger partial charge >= 0.3 is 0 Å². The lowest BCUT2D eigenvalue weighted by molar-refractivity contribution is 0.0726. The number of rotatable bonds is 1. The average molecular weight is 272 g/mol. The monoisotopic (exact) mass is 272 g/mol. The molecular weight excluding hydrogens is 259 g/mol. The topological polar surface area (TPSA) is 42.4 Å². The number of halogens is 1. The Kier molecular flexibility index (Phi) is 3.33. The Bertz CT molecular complexity index is 645. The van der Waals surface area contributed by atoms with Gasteiger partial charge in [0.2, 0.25) is 5.95 Å². The van der Waals surface area contributed by atoms with Crippen LogP contribution in [0.25, 0.3) is 0 Å². The molecule has 1 aliphatic rings. The summed E-state index contributed by atoms with van der Waals surface area (Å²) in [6.07, 6.45) is 0. The number of pyridine rings is 1. The van der Waals surface area contributed by atoms with E-state index < -0.39 is 5.95 Å². The van der Waals surface area contributed by atoms with Gasteiger partial charge in [-0.05, 0) is 18.2 Å². The summed E-state index contributed by atoms with van der Waals surface area (Å²) in [7, 11) is 0. The molecule has 0 spiro atoms. The van der Waals surface area contributed by atoms with Crippen LogP contribution in [0, 0.1) is 5.95 Å². The fraction of sp³-hybridized carbons (Fsp3) is 0.200. The summed E-state index contributed by atoms with van der Waals surface area (Å²) in [6.45, 7) is 1.30. The van der Waals surface area contributed by atoms with Crippen LogP contribution in [0.5, 0.6) is 5.75 Å². The number of aromatic nitrogens is 1. The van der Waals surface area contributed by atoms with Gasteiger partial charge in [-0.1, -0.05) is 24.3 Å². The quantitative estimate of drug-likeness (QED) is 0.748. The summed E-state index contributed by atoms with van der Waals surface area (Å²) in [5, 5.41) is 0. The van der Waals surface area contributed by atoms with Gasteiger partial charge in [0.25, 0.3) is 5.91 Å². The van der Waals surface area contributed by atoms with Crippen LogP contribution >= 0.6 is 0 Å². The minimum Gasteiger partial charge on any atom is -0.491 e. The third-order valence-corrected chi connectivity index (χ3v) is 3.17. The highest BCUT2D eigenvalue weighted by Crippen LogP contribution is 2.23. The van der Waals surface area contributed by atoms with Crippen LogP contribution in [0.4, 0.5) is 4.39 Å². The van der Waals surface area contributed by atoms with E-state index in [1.807, 2.05) is 24.3 Å². The average Bonchev–Trinajstić information content (AvgIpc) is 2.68. The SMILES string of the molecule is O=C(c1cccc(F)n1)N1CCOc2ccccc2C1. The number of carbonyl (C=O) groups excluding carboxylic acids is 1. The van der Waals surface area contributed by atoms with Crippen LogP contribution in [-0.4, -0.2) is 28.9 Å². The van der Waals surface area contributed by atoms with Gasteiger partial charge in [-0.3, -0.25) is 4.79 Å². The van der Waals surface area contributed by atoms with E-state index in [2.05, 4.69) is 4.98 Å². The van der Waals surface area contributed by atoms with Gasteiger partial charge in [-0.15, -0.1) is 0 Å². The van der Waals surface area contributed by atoms with Crippen molar-refractivity contribution in [1.29, 1.82) is 0 Å². The number of nitrogens with zero attached hydrogens (tertiary/aromatic N) is 2. The van der Waals surface area contributed by atoms with Crippen molar-refractivity contribution < 1.29 is 13.9 Å². The van der Waals surface area contributed by atoms with E-state index in [4.69, 9.17) is 4.74 Å². The second kappa shape index (κ2) is 5.28. The van der Waals surface area contributed by atoms with Crippen molar-refractivity contribution in [3.8, 4) is 5.75 Å².